The van der Waals surface area contributed by atoms with Crippen LogP contribution in [0.2, 0.25) is 0 Å². The van der Waals surface area contributed by atoms with Gasteiger partial charge in [0, 0.05) is 24.9 Å². The number of benzene rings is 1. The van der Waals surface area contributed by atoms with Crippen molar-refractivity contribution in [3.05, 3.63) is 29.3 Å². The van der Waals surface area contributed by atoms with E-state index >= 15 is 0 Å². The molecule has 0 heterocycles. The maximum atomic E-state index is 13.1. The number of methoxy groups -OCH3 is 1. The fourth-order valence-electron chi connectivity index (χ4n) is 5.44. The highest BCUT2D eigenvalue weighted by Crippen LogP contribution is 2.38. The molecule has 172 valence electrons. The normalized spacial score (nSPS) is 26.3. The van der Waals surface area contributed by atoms with Crippen molar-refractivity contribution in [1.29, 1.82) is 0 Å². The zero-order chi connectivity index (χ0) is 22.4. The molecule has 0 aromatic heterocycles. The number of hydrogen-bond acceptors (Lipinski definition) is 4. The van der Waals surface area contributed by atoms with Crippen LogP contribution in [-0.2, 0) is 9.59 Å². The van der Waals surface area contributed by atoms with E-state index in [1.54, 1.807) is 7.11 Å². The Morgan fingerprint density at radius 3 is 2.26 bits per heavy atom. The Balaban J connectivity index is 1.52. The molecule has 0 radical (unpaired) electrons. The molecule has 31 heavy (non-hydrogen) atoms. The highest BCUT2D eigenvalue weighted by Gasteiger charge is 2.33. The number of carbonyl (C=O) groups excluding carboxylic acids is 2. The number of ether oxygens (including phenoxy) is 1. The molecule has 0 spiro atoms. The SMILES string of the molecule is COc1ccc([C@H]2CC[C@H](CN(CCO)C(=O)C3CCC(C(N)=O)CC3)CC2)cc1C. The smallest absolute Gasteiger partial charge is 0.225 e. The van der Waals surface area contributed by atoms with Gasteiger partial charge in [0.1, 0.15) is 5.75 Å². The van der Waals surface area contributed by atoms with Gasteiger partial charge in [-0.15, -0.1) is 0 Å². The molecule has 3 N–H and O–H groups in total. The Labute approximate surface area is 186 Å². The predicted molar refractivity (Wildman–Crippen MR) is 121 cm³/mol. The number of rotatable bonds is 8. The lowest BCUT2D eigenvalue weighted by Crippen LogP contribution is -2.43. The van der Waals surface area contributed by atoms with Gasteiger partial charge in [-0.2, -0.15) is 0 Å². The number of nitrogens with zero attached hydrogens (tertiary/aromatic N) is 1. The molecule has 2 saturated carbocycles. The van der Waals surface area contributed by atoms with E-state index < -0.39 is 0 Å². The van der Waals surface area contributed by atoms with Crippen molar-refractivity contribution in [2.45, 2.75) is 64.2 Å². The van der Waals surface area contributed by atoms with Crippen LogP contribution in [0.3, 0.4) is 0 Å². The number of carbonyl (C=O) groups is 2. The van der Waals surface area contributed by atoms with E-state index in [0.717, 1.165) is 50.8 Å². The minimum absolute atomic E-state index is 0.0111. The van der Waals surface area contributed by atoms with Crippen molar-refractivity contribution < 1.29 is 19.4 Å². The van der Waals surface area contributed by atoms with Crippen LogP contribution in [0.25, 0.3) is 0 Å². The third-order valence-corrected chi connectivity index (χ3v) is 7.38. The maximum Gasteiger partial charge on any atom is 0.225 e. The standard InChI is InChI=1S/C25H38N2O4/c1-17-15-22(11-12-23(17)31-2)19-5-3-18(4-6-19)16-27(13-14-28)25(30)21-9-7-20(8-10-21)24(26)29/h11-12,15,18-21,28H,3-10,13-14,16H2,1-2H3,(H2,26,29)/t18-,19-,20?,21?. The largest absolute Gasteiger partial charge is 0.496 e. The van der Waals surface area contributed by atoms with Crippen LogP contribution in [0, 0.1) is 24.7 Å². The van der Waals surface area contributed by atoms with Crippen LogP contribution in [-0.4, -0.2) is 48.6 Å². The summed E-state index contributed by atoms with van der Waals surface area (Å²) in [6.45, 7) is 3.20. The summed E-state index contributed by atoms with van der Waals surface area (Å²) in [5, 5.41) is 9.52. The van der Waals surface area contributed by atoms with Gasteiger partial charge in [-0.3, -0.25) is 9.59 Å². The molecule has 0 aliphatic heterocycles. The summed E-state index contributed by atoms with van der Waals surface area (Å²) in [6, 6.07) is 6.49. The van der Waals surface area contributed by atoms with Crippen molar-refractivity contribution in [3.63, 3.8) is 0 Å². The van der Waals surface area contributed by atoms with E-state index in [-0.39, 0.29) is 30.3 Å². The topological polar surface area (TPSA) is 92.9 Å². The maximum absolute atomic E-state index is 13.1. The van der Waals surface area contributed by atoms with Gasteiger partial charge >= 0.3 is 0 Å². The second-order valence-electron chi connectivity index (χ2n) is 9.41. The molecule has 0 bridgehead atoms. The van der Waals surface area contributed by atoms with E-state index in [9.17, 15) is 14.7 Å². The zero-order valence-corrected chi connectivity index (χ0v) is 19.0. The third kappa shape index (κ3) is 6.00. The first-order valence-electron chi connectivity index (χ1n) is 11.8. The van der Waals surface area contributed by atoms with E-state index in [1.165, 1.54) is 11.1 Å². The van der Waals surface area contributed by atoms with Crippen LogP contribution in [0.4, 0.5) is 0 Å². The summed E-state index contributed by atoms with van der Waals surface area (Å²) >= 11 is 0. The molecule has 0 unspecified atom stereocenters. The minimum Gasteiger partial charge on any atom is -0.496 e. The van der Waals surface area contributed by atoms with E-state index in [0.29, 0.717) is 31.2 Å². The van der Waals surface area contributed by atoms with Crippen molar-refractivity contribution in [1.82, 2.24) is 4.90 Å². The van der Waals surface area contributed by atoms with Gasteiger partial charge in [-0.05, 0) is 87.3 Å². The van der Waals surface area contributed by atoms with Crippen molar-refractivity contribution in [2.75, 3.05) is 26.8 Å². The summed E-state index contributed by atoms with van der Waals surface area (Å²) in [4.78, 5) is 26.4. The average molecular weight is 431 g/mol. The Kier molecular flexibility index (Phi) is 8.35. The Bertz CT molecular complexity index is 750. The third-order valence-electron chi connectivity index (χ3n) is 7.38. The summed E-state index contributed by atoms with van der Waals surface area (Å²) in [7, 11) is 1.70. The van der Waals surface area contributed by atoms with Gasteiger partial charge in [0.25, 0.3) is 0 Å². The first-order valence-corrected chi connectivity index (χ1v) is 11.8. The number of aliphatic hydroxyl groups is 1. The number of nitrogens with two attached hydrogens (primary N) is 1. The number of hydrogen-bond donors (Lipinski definition) is 2. The molecule has 2 aliphatic rings. The molecule has 3 rings (SSSR count). The number of primary amides is 1. The quantitative estimate of drug-likeness (QED) is 0.661. The van der Waals surface area contributed by atoms with Crippen LogP contribution in [0.15, 0.2) is 18.2 Å². The predicted octanol–water partition coefficient (Wildman–Crippen LogP) is 3.39. The second-order valence-corrected chi connectivity index (χ2v) is 9.41. The highest BCUT2D eigenvalue weighted by molar-refractivity contribution is 5.80. The number of aliphatic hydroxyl groups excluding tert-OH is 1. The first-order chi connectivity index (χ1) is 14.9. The molecule has 0 atom stereocenters. The van der Waals surface area contributed by atoms with Crippen molar-refractivity contribution in [2.24, 2.45) is 23.5 Å². The molecule has 1 aromatic rings. The van der Waals surface area contributed by atoms with Crippen LogP contribution >= 0.6 is 0 Å². The van der Waals surface area contributed by atoms with Gasteiger partial charge in [-0.1, -0.05) is 12.1 Å². The highest BCUT2D eigenvalue weighted by atomic mass is 16.5. The summed E-state index contributed by atoms with van der Waals surface area (Å²) in [5.74, 6) is 1.74. The summed E-state index contributed by atoms with van der Waals surface area (Å²) in [5.41, 5.74) is 7.98. The second kappa shape index (κ2) is 11.0. The average Bonchev–Trinajstić information content (AvgIpc) is 2.79. The molecule has 6 nitrogen and oxygen atoms in total. The van der Waals surface area contributed by atoms with E-state index in [1.807, 2.05) is 4.90 Å². The molecule has 6 heteroatoms. The molecular weight excluding hydrogens is 392 g/mol. The lowest BCUT2D eigenvalue weighted by atomic mass is 9.77. The molecule has 0 saturated heterocycles. The summed E-state index contributed by atoms with van der Waals surface area (Å²) in [6.07, 6.45) is 7.29. The Morgan fingerprint density at radius 2 is 1.71 bits per heavy atom. The fraction of sp³-hybridized carbons (Fsp3) is 0.680. The van der Waals surface area contributed by atoms with Gasteiger partial charge in [-0.25, -0.2) is 0 Å². The van der Waals surface area contributed by atoms with Crippen molar-refractivity contribution >= 4 is 11.8 Å². The first kappa shape index (κ1) is 23.6. The molecule has 2 amide bonds. The number of aryl methyl sites for hydroxylation is 1. The van der Waals surface area contributed by atoms with Gasteiger partial charge in [0.2, 0.25) is 11.8 Å². The molecular formula is C25H38N2O4. The van der Waals surface area contributed by atoms with Crippen LogP contribution in [0.5, 0.6) is 5.75 Å². The minimum atomic E-state index is -0.248. The molecule has 2 aliphatic carbocycles. The van der Waals surface area contributed by atoms with Gasteiger partial charge in [0.15, 0.2) is 0 Å². The van der Waals surface area contributed by atoms with Gasteiger partial charge in [0.05, 0.1) is 13.7 Å². The zero-order valence-electron chi connectivity index (χ0n) is 19.0. The summed E-state index contributed by atoms with van der Waals surface area (Å²) < 4.78 is 5.38. The monoisotopic (exact) mass is 430 g/mol. The van der Waals surface area contributed by atoms with Crippen LogP contribution in [0.1, 0.15) is 68.4 Å². The molecule has 1 aromatic carbocycles. The lowest BCUT2D eigenvalue weighted by molar-refractivity contribution is -0.139. The Hall–Kier alpha value is -2.08. The van der Waals surface area contributed by atoms with Gasteiger partial charge < -0.3 is 20.5 Å². The van der Waals surface area contributed by atoms with Crippen LogP contribution < -0.4 is 10.5 Å². The molecule has 2 fully saturated rings. The Morgan fingerprint density at radius 1 is 1.06 bits per heavy atom. The van der Waals surface area contributed by atoms with Crippen molar-refractivity contribution in [3.8, 4) is 5.75 Å². The van der Waals surface area contributed by atoms with E-state index in [4.69, 9.17) is 10.5 Å². The fourth-order valence-corrected chi connectivity index (χ4v) is 5.44. The lowest BCUT2D eigenvalue weighted by Gasteiger charge is -2.35. The van der Waals surface area contributed by atoms with E-state index in [2.05, 4.69) is 25.1 Å². The number of amides is 2.